The number of hydrogen-bond acceptors (Lipinski definition) is 4. The highest BCUT2D eigenvalue weighted by atomic mass is 19.2. The van der Waals surface area contributed by atoms with Gasteiger partial charge in [0, 0.05) is 11.8 Å². The maximum Gasteiger partial charge on any atom is 0.163 e. The van der Waals surface area contributed by atoms with Crippen molar-refractivity contribution >= 4 is 0 Å². The van der Waals surface area contributed by atoms with E-state index < -0.39 is 17.7 Å². The Bertz CT molecular complexity index is 620. The number of nitrogens with one attached hydrogen (secondary N) is 1. The Hall–Kier alpha value is -2.05. The van der Waals surface area contributed by atoms with E-state index in [0.29, 0.717) is 11.3 Å². The molecule has 21 heavy (non-hydrogen) atoms. The van der Waals surface area contributed by atoms with Crippen LogP contribution < -0.4 is 16.0 Å². The van der Waals surface area contributed by atoms with Gasteiger partial charge in [-0.05, 0) is 31.5 Å². The summed E-state index contributed by atoms with van der Waals surface area (Å²) in [4.78, 5) is 4.05. The van der Waals surface area contributed by atoms with E-state index >= 15 is 0 Å². The van der Waals surface area contributed by atoms with E-state index in [-0.39, 0.29) is 11.7 Å². The van der Waals surface area contributed by atoms with Gasteiger partial charge in [0.05, 0.1) is 18.3 Å². The predicted molar refractivity (Wildman–Crippen MR) is 75.5 cm³/mol. The molecule has 2 aromatic rings. The molecule has 4 nitrogen and oxygen atoms in total. The smallest absolute Gasteiger partial charge is 0.163 e. The second-order valence-electron chi connectivity index (χ2n) is 4.86. The van der Waals surface area contributed by atoms with E-state index in [1.165, 1.54) is 18.3 Å². The van der Waals surface area contributed by atoms with Gasteiger partial charge in [0.1, 0.15) is 5.75 Å². The van der Waals surface area contributed by atoms with Gasteiger partial charge in [0.2, 0.25) is 0 Å². The molecule has 0 saturated carbocycles. The number of nitrogens with two attached hydrogens (primary N) is 1. The summed E-state index contributed by atoms with van der Waals surface area (Å²) in [6, 6.07) is 4.94. The molecule has 0 spiro atoms. The van der Waals surface area contributed by atoms with Crippen LogP contribution in [0.2, 0.25) is 0 Å². The number of ether oxygens (including phenoxy) is 1. The zero-order chi connectivity index (χ0) is 15.4. The van der Waals surface area contributed by atoms with E-state index in [2.05, 4.69) is 10.4 Å². The summed E-state index contributed by atoms with van der Waals surface area (Å²) in [5.74, 6) is 4.19. The number of hydrogen-bond donors (Lipinski definition) is 2. The van der Waals surface area contributed by atoms with Crippen molar-refractivity contribution in [1.82, 2.24) is 10.4 Å². The molecule has 0 saturated heterocycles. The van der Waals surface area contributed by atoms with E-state index in [1.807, 2.05) is 13.8 Å². The predicted octanol–water partition coefficient (Wildman–Crippen LogP) is 2.70. The van der Waals surface area contributed by atoms with Gasteiger partial charge in [0.15, 0.2) is 11.6 Å². The second-order valence-corrected chi connectivity index (χ2v) is 4.86. The molecule has 0 aliphatic carbocycles. The van der Waals surface area contributed by atoms with E-state index in [1.54, 1.807) is 12.3 Å². The van der Waals surface area contributed by atoms with Crippen LogP contribution in [0, 0.1) is 11.6 Å². The third-order valence-corrected chi connectivity index (χ3v) is 2.90. The monoisotopic (exact) mass is 293 g/mol. The molecule has 1 heterocycles. The highest BCUT2D eigenvalue weighted by Gasteiger charge is 2.19. The number of pyridine rings is 1. The standard InChI is InChI=1S/C15H17F2N3O/c1-9(2)21-11-6-10(7-19-8-11)15(20-18)12-4-3-5-13(16)14(12)17/h3-9,15,20H,18H2,1-2H3. The normalized spacial score (nSPS) is 12.5. The molecule has 1 aromatic carbocycles. The fraction of sp³-hybridized carbons (Fsp3) is 0.267. The van der Waals surface area contributed by atoms with E-state index in [4.69, 9.17) is 10.6 Å². The van der Waals surface area contributed by atoms with Gasteiger partial charge in [0.25, 0.3) is 0 Å². The van der Waals surface area contributed by atoms with Crippen molar-refractivity contribution in [3.05, 3.63) is 59.4 Å². The molecule has 112 valence electrons. The highest BCUT2D eigenvalue weighted by molar-refractivity contribution is 5.35. The van der Waals surface area contributed by atoms with Crippen molar-refractivity contribution in [3.63, 3.8) is 0 Å². The zero-order valence-electron chi connectivity index (χ0n) is 11.8. The molecule has 0 radical (unpaired) electrons. The lowest BCUT2D eigenvalue weighted by molar-refractivity contribution is 0.241. The Labute approximate surface area is 121 Å². The lowest BCUT2D eigenvalue weighted by Gasteiger charge is -2.18. The van der Waals surface area contributed by atoms with Crippen LogP contribution in [-0.4, -0.2) is 11.1 Å². The molecule has 6 heteroatoms. The minimum atomic E-state index is -0.935. The number of nitrogens with zero attached hydrogens (tertiary/aromatic N) is 1. The summed E-state index contributed by atoms with van der Waals surface area (Å²) in [7, 11) is 0. The van der Waals surface area contributed by atoms with Crippen molar-refractivity contribution in [1.29, 1.82) is 0 Å². The number of halogens is 2. The Morgan fingerprint density at radius 1 is 1.24 bits per heavy atom. The van der Waals surface area contributed by atoms with Crippen LogP contribution in [0.4, 0.5) is 8.78 Å². The van der Waals surface area contributed by atoms with Gasteiger partial charge in [-0.3, -0.25) is 10.8 Å². The molecule has 1 atom stereocenters. The first-order valence-electron chi connectivity index (χ1n) is 6.54. The number of hydrazine groups is 1. The maximum absolute atomic E-state index is 13.9. The number of rotatable bonds is 5. The summed E-state index contributed by atoms with van der Waals surface area (Å²) < 4.78 is 32.8. The number of benzene rings is 1. The average Bonchev–Trinajstić information content (AvgIpc) is 2.44. The molecule has 1 unspecified atom stereocenters. The van der Waals surface area contributed by atoms with Crippen LogP contribution in [-0.2, 0) is 0 Å². The number of aromatic nitrogens is 1. The first-order valence-corrected chi connectivity index (χ1v) is 6.54. The van der Waals surface area contributed by atoms with Crippen LogP contribution in [0.3, 0.4) is 0 Å². The van der Waals surface area contributed by atoms with Gasteiger partial charge < -0.3 is 4.74 Å². The second kappa shape index (κ2) is 6.60. The van der Waals surface area contributed by atoms with Crippen LogP contribution in [0.25, 0.3) is 0 Å². The molecule has 0 fully saturated rings. The van der Waals surface area contributed by atoms with Crippen LogP contribution >= 0.6 is 0 Å². The summed E-state index contributed by atoms with van der Waals surface area (Å²) >= 11 is 0. The largest absolute Gasteiger partial charge is 0.489 e. The lowest BCUT2D eigenvalue weighted by atomic mass is 10.00. The molecular formula is C15H17F2N3O. The molecule has 1 aromatic heterocycles. The van der Waals surface area contributed by atoms with Crippen molar-refractivity contribution in [2.24, 2.45) is 5.84 Å². The molecule has 0 aliphatic heterocycles. The third kappa shape index (κ3) is 3.53. The first kappa shape index (κ1) is 15.3. The molecule has 3 N–H and O–H groups in total. The maximum atomic E-state index is 13.9. The van der Waals surface area contributed by atoms with Crippen molar-refractivity contribution in [3.8, 4) is 5.75 Å². The van der Waals surface area contributed by atoms with Gasteiger partial charge in [-0.15, -0.1) is 0 Å². The summed E-state index contributed by atoms with van der Waals surface area (Å²) in [5.41, 5.74) is 3.18. The van der Waals surface area contributed by atoms with Crippen LogP contribution in [0.5, 0.6) is 5.75 Å². The topological polar surface area (TPSA) is 60.2 Å². The fourth-order valence-corrected chi connectivity index (χ4v) is 2.04. The van der Waals surface area contributed by atoms with Crippen molar-refractivity contribution < 1.29 is 13.5 Å². The van der Waals surface area contributed by atoms with E-state index in [9.17, 15) is 8.78 Å². The fourth-order valence-electron chi connectivity index (χ4n) is 2.04. The van der Waals surface area contributed by atoms with Crippen molar-refractivity contribution in [2.75, 3.05) is 0 Å². The first-order chi connectivity index (χ1) is 10.0. The van der Waals surface area contributed by atoms with Crippen LogP contribution in [0.15, 0.2) is 36.7 Å². The van der Waals surface area contributed by atoms with Gasteiger partial charge in [-0.2, -0.15) is 0 Å². The minimum Gasteiger partial charge on any atom is -0.489 e. The van der Waals surface area contributed by atoms with Crippen molar-refractivity contribution in [2.45, 2.75) is 26.0 Å². The van der Waals surface area contributed by atoms with Crippen LogP contribution in [0.1, 0.15) is 31.0 Å². The summed E-state index contributed by atoms with van der Waals surface area (Å²) in [6.45, 7) is 3.77. The molecule has 0 bridgehead atoms. The lowest BCUT2D eigenvalue weighted by Crippen LogP contribution is -2.30. The van der Waals surface area contributed by atoms with Gasteiger partial charge in [-0.1, -0.05) is 12.1 Å². The summed E-state index contributed by atoms with van der Waals surface area (Å²) in [6.07, 6.45) is 3.07. The molecule has 0 aliphatic rings. The Kier molecular flexibility index (Phi) is 4.82. The van der Waals surface area contributed by atoms with Gasteiger partial charge in [-0.25, -0.2) is 14.2 Å². The average molecular weight is 293 g/mol. The molecule has 2 rings (SSSR count). The SMILES string of the molecule is CC(C)Oc1cncc(C(NN)c2cccc(F)c2F)c1. The van der Waals surface area contributed by atoms with Gasteiger partial charge >= 0.3 is 0 Å². The van der Waals surface area contributed by atoms with E-state index in [0.717, 1.165) is 6.07 Å². The quantitative estimate of drug-likeness (QED) is 0.657. The molecular weight excluding hydrogens is 276 g/mol. The third-order valence-electron chi connectivity index (χ3n) is 2.90. The Morgan fingerprint density at radius 2 is 2.00 bits per heavy atom. The highest BCUT2D eigenvalue weighted by Crippen LogP contribution is 2.27. The Balaban J connectivity index is 2.39. The molecule has 0 amide bonds. The zero-order valence-corrected chi connectivity index (χ0v) is 11.8. The summed E-state index contributed by atoms with van der Waals surface area (Å²) in [5, 5.41) is 0. The minimum absolute atomic E-state index is 0.0164. The Morgan fingerprint density at radius 3 is 2.67 bits per heavy atom.